The molecule has 1 aliphatic rings. The van der Waals surface area contributed by atoms with Crippen molar-refractivity contribution >= 4 is 27.3 Å². The Morgan fingerprint density at radius 2 is 1.74 bits per heavy atom. The molecule has 0 N–H and O–H groups in total. The molecule has 2 rings (SSSR count). The number of ether oxygens (including phenoxy) is 1. The van der Waals surface area contributed by atoms with Gasteiger partial charge in [-0.05, 0) is 24.3 Å². The van der Waals surface area contributed by atoms with E-state index in [1.165, 1.54) is 4.31 Å². The molecule has 0 bridgehead atoms. The van der Waals surface area contributed by atoms with Crippen molar-refractivity contribution in [3.8, 4) is 5.75 Å². The predicted molar refractivity (Wildman–Crippen MR) is 76.4 cm³/mol. The van der Waals surface area contributed by atoms with E-state index in [2.05, 4.69) is 4.90 Å². The molecule has 1 aliphatic heterocycles. The Balaban J connectivity index is 1.99. The van der Waals surface area contributed by atoms with Crippen LogP contribution in [0.15, 0.2) is 24.3 Å². The van der Waals surface area contributed by atoms with Crippen LogP contribution >= 0.6 is 11.6 Å². The van der Waals surface area contributed by atoms with Gasteiger partial charge in [-0.1, -0.05) is 0 Å². The third kappa shape index (κ3) is 3.32. The quantitative estimate of drug-likeness (QED) is 0.788. The molecule has 0 aliphatic carbocycles. The molecule has 0 atom stereocenters. The number of hydrogen-bond acceptors (Lipinski definition) is 4. The van der Waals surface area contributed by atoms with Crippen LogP contribution < -0.4 is 9.64 Å². The lowest BCUT2D eigenvalue weighted by Crippen LogP contribution is -2.48. The molecule has 0 radical (unpaired) electrons. The Morgan fingerprint density at radius 1 is 1.16 bits per heavy atom. The fourth-order valence-corrected chi connectivity index (χ4v) is 3.36. The van der Waals surface area contributed by atoms with Gasteiger partial charge in [0.25, 0.3) is 0 Å². The zero-order valence-corrected chi connectivity index (χ0v) is 12.3. The Morgan fingerprint density at radius 3 is 2.21 bits per heavy atom. The van der Waals surface area contributed by atoms with E-state index in [-0.39, 0.29) is 5.21 Å². The summed E-state index contributed by atoms with van der Waals surface area (Å²) in [5.41, 5.74) is 1.07. The molecular formula is C12H17ClN2O3S. The van der Waals surface area contributed by atoms with E-state index in [1.54, 1.807) is 7.11 Å². The van der Waals surface area contributed by atoms with Crippen molar-refractivity contribution in [2.45, 2.75) is 0 Å². The van der Waals surface area contributed by atoms with E-state index in [0.29, 0.717) is 26.2 Å². The monoisotopic (exact) mass is 304 g/mol. The summed E-state index contributed by atoms with van der Waals surface area (Å²) in [4.78, 5) is 2.15. The largest absolute Gasteiger partial charge is 0.497 e. The van der Waals surface area contributed by atoms with Crippen LogP contribution in [0, 0.1) is 0 Å². The van der Waals surface area contributed by atoms with Gasteiger partial charge >= 0.3 is 0 Å². The van der Waals surface area contributed by atoms with E-state index < -0.39 is 10.0 Å². The summed E-state index contributed by atoms with van der Waals surface area (Å²) in [7, 11) is -1.66. The highest BCUT2D eigenvalue weighted by Gasteiger charge is 2.26. The summed E-state index contributed by atoms with van der Waals surface area (Å²) in [5.74, 6) is 0.812. The number of piperazine rings is 1. The minimum absolute atomic E-state index is 0.352. The van der Waals surface area contributed by atoms with Gasteiger partial charge in [-0.15, -0.1) is 11.6 Å². The van der Waals surface area contributed by atoms with Crippen LogP contribution in [0.5, 0.6) is 5.75 Å². The van der Waals surface area contributed by atoms with E-state index in [1.807, 2.05) is 24.3 Å². The van der Waals surface area contributed by atoms with Gasteiger partial charge in [0.05, 0.1) is 7.11 Å². The van der Waals surface area contributed by atoms with Crippen LogP contribution in [0.2, 0.25) is 0 Å². The average molecular weight is 305 g/mol. The van der Waals surface area contributed by atoms with Crippen LogP contribution in [-0.4, -0.2) is 51.2 Å². The molecule has 1 saturated heterocycles. The molecule has 0 aromatic heterocycles. The molecular weight excluding hydrogens is 288 g/mol. The predicted octanol–water partition coefficient (Wildman–Crippen LogP) is 1.34. The zero-order valence-electron chi connectivity index (χ0n) is 10.8. The first-order valence-corrected chi connectivity index (χ1v) is 8.14. The molecule has 19 heavy (non-hydrogen) atoms. The maximum atomic E-state index is 11.6. The summed E-state index contributed by atoms with van der Waals surface area (Å²) in [5, 5.41) is -0.352. The van der Waals surface area contributed by atoms with Crippen LogP contribution in [0.3, 0.4) is 0 Å². The van der Waals surface area contributed by atoms with Gasteiger partial charge in [-0.2, -0.15) is 4.31 Å². The maximum absolute atomic E-state index is 11.6. The number of hydrogen-bond donors (Lipinski definition) is 0. The van der Waals surface area contributed by atoms with Crippen LogP contribution in [0.1, 0.15) is 0 Å². The normalized spacial score (nSPS) is 17.5. The molecule has 1 aromatic rings. The number of halogens is 1. The third-order valence-electron chi connectivity index (χ3n) is 3.21. The number of sulfonamides is 1. The smallest absolute Gasteiger partial charge is 0.228 e. The molecule has 7 heteroatoms. The lowest BCUT2D eigenvalue weighted by molar-refractivity contribution is 0.387. The van der Waals surface area contributed by atoms with Crippen molar-refractivity contribution in [1.29, 1.82) is 0 Å². The lowest BCUT2D eigenvalue weighted by atomic mass is 10.2. The maximum Gasteiger partial charge on any atom is 0.228 e. The SMILES string of the molecule is COc1ccc(N2CCN(S(=O)(=O)CCl)CC2)cc1. The molecule has 1 aromatic carbocycles. The first-order chi connectivity index (χ1) is 9.06. The fraction of sp³-hybridized carbons (Fsp3) is 0.500. The van der Waals surface area contributed by atoms with Crippen molar-refractivity contribution in [3.05, 3.63) is 24.3 Å². The first-order valence-electron chi connectivity index (χ1n) is 5.99. The number of anilines is 1. The van der Waals surface area contributed by atoms with Gasteiger partial charge in [0.1, 0.15) is 11.0 Å². The number of alkyl halides is 1. The summed E-state index contributed by atoms with van der Waals surface area (Å²) in [6, 6.07) is 7.75. The average Bonchev–Trinajstić information content (AvgIpc) is 2.47. The lowest BCUT2D eigenvalue weighted by Gasteiger charge is -2.35. The highest BCUT2D eigenvalue weighted by atomic mass is 35.5. The Kier molecular flexibility index (Phi) is 4.54. The highest BCUT2D eigenvalue weighted by Crippen LogP contribution is 2.21. The van der Waals surface area contributed by atoms with Gasteiger partial charge < -0.3 is 9.64 Å². The van der Waals surface area contributed by atoms with Crippen molar-refractivity contribution in [3.63, 3.8) is 0 Å². The highest BCUT2D eigenvalue weighted by molar-refractivity contribution is 7.90. The molecule has 0 spiro atoms. The summed E-state index contributed by atoms with van der Waals surface area (Å²) >= 11 is 5.46. The van der Waals surface area contributed by atoms with Crippen molar-refractivity contribution in [2.75, 3.05) is 43.4 Å². The number of nitrogens with zero attached hydrogens (tertiary/aromatic N) is 2. The molecule has 0 unspecified atom stereocenters. The molecule has 0 amide bonds. The summed E-state index contributed by atoms with van der Waals surface area (Å²) in [6.07, 6.45) is 0. The van der Waals surface area contributed by atoms with Crippen molar-refractivity contribution < 1.29 is 13.2 Å². The fourth-order valence-electron chi connectivity index (χ4n) is 2.09. The minimum Gasteiger partial charge on any atom is -0.497 e. The number of rotatable bonds is 4. The molecule has 5 nitrogen and oxygen atoms in total. The van der Waals surface area contributed by atoms with Gasteiger partial charge in [0.2, 0.25) is 10.0 Å². The van der Waals surface area contributed by atoms with E-state index >= 15 is 0 Å². The van der Waals surface area contributed by atoms with E-state index in [4.69, 9.17) is 16.3 Å². The molecule has 0 saturated carbocycles. The second-order valence-corrected chi connectivity index (χ2v) is 6.86. The van der Waals surface area contributed by atoms with Crippen LogP contribution in [-0.2, 0) is 10.0 Å². The van der Waals surface area contributed by atoms with E-state index in [0.717, 1.165) is 11.4 Å². The molecule has 1 fully saturated rings. The second-order valence-electron chi connectivity index (χ2n) is 4.31. The standard InChI is InChI=1S/C12H17ClN2O3S/c1-18-12-4-2-11(3-5-12)14-6-8-15(9-7-14)19(16,17)10-13/h2-5H,6-10H2,1H3. The molecule has 106 valence electrons. The summed E-state index contributed by atoms with van der Waals surface area (Å²) in [6.45, 7) is 2.28. The van der Waals surface area contributed by atoms with Crippen molar-refractivity contribution in [2.24, 2.45) is 0 Å². The molecule has 1 heterocycles. The Labute approximate surface area is 118 Å². The van der Waals surface area contributed by atoms with Gasteiger partial charge in [0.15, 0.2) is 0 Å². The number of benzene rings is 1. The van der Waals surface area contributed by atoms with Gasteiger partial charge in [0, 0.05) is 31.9 Å². The Hall–Kier alpha value is -0.980. The number of methoxy groups -OCH3 is 1. The second kappa shape index (κ2) is 5.98. The van der Waals surface area contributed by atoms with Gasteiger partial charge in [-0.3, -0.25) is 0 Å². The van der Waals surface area contributed by atoms with Crippen LogP contribution in [0.25, 0.3) is 0 Å². The minimum atomic E-state index is -3.29. The van der Waals surface area contributed by atoms with Crippen LogP contribution in [0.4, 0.5) is 5.69 Å². The first kappa shape index (κ1) is 14.4. The van der Waals surface area contributed by atoms with E-state index in [9.17, 15) is 8.42 Å². The third-order valence-corrected chi connectivity index (χ3v) is 5.46. The Bertz CT molecular complexity index is 510. The van der Waals surface area contributed by atoms with Crippen molar-refractivity contribution in [1.82, 2.24) is 4.31 Å². The topological polar surface area (TPSA) is 49.9 Å². The van der Waals surface area contributed by atoms with Gasteiger partial charge in [-0.25, -0.2) is 8.42 Å². The zero-order chi connectivity index (χ0) is 13.9. The summed E-state index contributed by atoms with van der Waals surface area (Å²) < 4.78 is 29.8.